The van der Waals surface area contributed by atoms with Crippen molar-refractivity contribution in [2.45, 2.75) is 39.3 Å². The van der Waals surface area contributed by atoms with Crippen molar-refractivity contribution in [1.29, 1.82) is 0 Å². The quantitative estimate of drug-likeness (QED) is 0.832. The van der Waals surface area contributed by atoms with E-state index in [-0.39, 0.29) is 18.6 Å². The lowest BCUT2D eigenvalue weighted by Gasteiger charge is -2.15. The molecule has 0 saturated heterocycles. The van der Waals surface area contributed by atoms with Crippen molar-refractivity contribution in [3.63, 3.8) is 0 Å². The van der Waals surface area contributed by atoms with Crippen molar-refractivity contribution < 1.29 is 19.0 Å². The first-order chi connectivity index (χ1) is 8.93. The Balaban J connectivity index is 2.65. The summed E-state index contributed by atoms with van der Waals surface area (Å²) in [6, 6.07) is 3.93. The fourth-order valence-electron chi connectivity index (χ4n) is 1.54. The van der Waals surface area contributed by atoms with E-state index in [1.807, 2.05) is 13.8 Å². The Labute approximate surface area is 112 Å². The molecule has 0 fully saturated rings. The predicted molar refractivity (Wildman–Crippen MR) is 70.4 cm³/mol. The van der Waals surface area contributed by atoms with Gasteiger partial charge >= 0.3 is 0 Å². The molecule has 2 N–H and O–H groups in total. The van der Waals surface area contributed by atoms with Crippen LogP contribution in [0.2, 0.25) is 0 Å². The van der Waals surface area contributed by atoms with Gasteiger partial charge in [0.1, 0.15) is 11.6 Å². The predicted octanol–water partition coefficient (Wildman–Crippen LogP) is 2.17. The van der Waals surface area contributed by atoms with Gasteiger partial charge < -0.3 is 15.2 Å². The minimum Gasteiger partial charge on any atom is -0.483 e. The summed E-state index contributed by atoms with van der Waals surface area (Å²) in [5.74, 6) is -0.377. The minimum absolute atomic E-state index is 0.0838. The zero-order valence-electron chi connectivity index (χ0n) is 11.4. The number of hydrogen-bond acceptors (Lipinski definition) is 3. The SMILES string of the molecule is CCC(C)NC(=O)COc1ccc(F)cc1[C@H](C)O. The molecule has 19 heavy (non-hydrogen) atoms. The fourth-order valence-corrected chi connectivity index (χ4v) is 1.54. The van der Waals surface area contributed by atoms with Crippen LogP contribution >= 0.6 is 0 Å². The molecule has 4 nitrogen and oxygen atoms in total. The Morgan fingerprint density at radius 3 is 2.74 bits per heavy atom. The summed E-state index contributed by atoms with van der Waals surface area (Å²) in [4.78, 5) is 11.6. The molecule has 106 valence electrons. The molecule has 1 aromatic carbocycles. The monoisotopic (exact) mass is 269 g/mol. The first-order valence-corrected chi connectivity index (χ1v) is 6.33. The zero-order chi connectivity index (χ0) is 14.4. The third-order valence-corrected chi connectivity index (χ3v) is 2.80. The van der Waals surface area contributed by atoms with Gasteiger partial charge in [0.15, 0.2) is 6.61 Å². The average molecular weight is 269 g/mol. The number of amides is 1. The third kappa shape index (κ3) is 4.87. The van der Waals surface area contributed by atoms with Crippen LogP contribution in [-0.4, -0.2) is 23.7 Å². The number of hydrogen-bond donors (Lipinski definition) is 2. The van der Waals surface area contributed by atoms with Gasteiger partial charge in [0.25, 0.3) is 5.91 Å². The largest absolute Gasteiger partial charge is 0.483 e. The lowest BCUT2D eigenvalue weighted by atomic mass is 10.1. The van der Waals surface area contributed by atoms with Crippen molar-refractivity contribution in [1.82, 2.24) is 5.32 Å². The maximum Gasteiger partial charge on any atom is 0.258 e. The number of nitrogens with one attached hydrogen (secondary N) is 1. The molecule has 0 aliphatic carbocycles. The van der Waals surface area contributed by atoms with Gasteiger partial charge in [-0.2, -0.15) is 0 Å². The average Bonchev–Trinajstić information content (AvgIpc) is 2.36. The van der Waals surface area contributed by atoms with Crippen molar-refractivity contribution in [2.75, 3.05) is 6.61 Å². The fraction of sp³-hybridized carbons (Fsp3) is 0.500. The number of carbonyl (C=O) groups is 1. The minimum atomic E-state index is -0.858. The highest BCUT2D eigenvalue weighted by molar-refractivity contribution is 5.77. The molecule has 0 aliphatic rings. The Morgan fingerprint density at radius 1 is 1.47 bits per heavy atom. The molecule has 1 amide bonds. The van der Waals surface area contributed by atoms with E-state index >= 15 is 0 Å². The third-order valence-electron chi connectivity index (χ3n) is 2.80. The van der Waals surface area contributed by atoms with Gasteiger partial charge in [-0.1, -0.05) is 6.92 Å². The van der Waals surface area contributed by atoms with Crippen LogP contribution in [0.1, 0.15) is 38.9 Å². The molecule has 2 atom stereocenters. The summed E-state index contributed by atoms with van der Waals surface area (Å²) in [5, 5.41) is 12.3. The van der Waals surface area contributed by atoms with Gasteiger partial charge in [0.2, 0.25) is 0 Å². The molecule has 0 heterocycles. The van der Waals surface area contributed by atoms with Crippen LogP contribution < -0.4 is 10.1 Å². The summed E-state index contributed by atoms with van der Waals surface area (Å²) in [6.07, 6.45) is -0.0235. The summed E-state index contributed by atoms with van der Waals surface area (Å²) < 4.78 is 18.4. The first-order valence-electron chi connectivity index (χ1n) is 6.33. The highest BCUT2D eigenvalue weighted by atomic mass is 19.1. The number of rotatable bonds is 6. The van der Waals surface area contributed by atoms with E-state index in [1.165, 1.54) is 25.1 Å². The molecule has 1 aromatic rings. The highest BCUT2D eigenvalue weighted by Crippen LogP contribution is 2.25. The maximum absolute atomic E-state index is 13.1. The maximum atomic E-state index is 13.1. The number of aliphatic hydroxyl groups excluding tert-OH is 1. The first kappa shape index (κ1) is 15.4. The van der Waals surface area contributed by atoms with Crippen molar-refractivity contribution in [2.24, 2.45) is 0 Å². The molecule has 0 spiro atoms. The van der Waals surface area contributed by atoms with E-state index < -0.39 is 11.9 Å². The smallest absolute Gasteiger partial charge is 0.258 e. The Kier molecular flexibility index (Phi) is 5.76. The van der Waals surface area contributed by atoms with Gasteiger partial charge in [-0.05, 0) is 38.5 Å². The second kappa shape index (κ2) is 7.09. The van der Waals surface area contributed by atoms with E-state index in [0.29, 0.717) is 11.3 Å². The van der Waals surface area contributed by atoms with E-state index in [9.17, 15) is 14.3 Å². The number of benzene rings is 1. The summed E-state index contributed by atoms with van der Waals surface area (Å²) in [6.45, 7) is 5.23. The van der Waals surface area contributed by atoms with Crippen molar-refractivity contribution >= 4 is 5.91 Å². The molecular formula is C14H20FNO3. The number of ether oxygens (including phenoxy) is 1. The van der Waals surface area contributed by atoms with Gasteiger partial charge in [0.05, 0.1) is 6.10 Å². The van der Waals surface area contributed by atoms with E-state index in [1.54, 1.807) is 0 Å². The van der Waals surface area contributed by atoms with E-state index in [4.69, 9.17) is 4.74 Å². The number of carbonyl (C=O) groups excluding carboxylic acids is 1. The molecule has 0 saturated carbocycles. The summed E-state index contributed by atoms with van der Waals surface area (Å²) in [7, 11) is 0. The van der Waals surface area contributed by atoms with Crippen molar-refractivity contribution in [3.05, 3.63) is 29.6 Å². The summed E-state index contributed by atoms with van der Waals surface area (Å²) in [5.41, 5.74) is 0.330. The van der Waals surface area contributed by atoms with E-state index in [2.05, 4.69) is 5.32 Å². The van der Waals surface area contributed by atoms with Crippen LogP contribution in [0.3, 0.4) is 0 Å². The van der Waals surface area contributed by atoms with E-state index in [0.717, 1.165) is 6.42 Å². The van der Waals surface area contributed by atoms with Gasteiger partial charge in [-0.3, -0.25) is 4.79 Å². The molecule has 0 radical (unpaired) electrons. The van der Waals surface area contributed by atoms with Gasteiger partial charge in [0, 0.05) is 11.6 Å². The normalized spacial score (nSPS) is 13.7. The molecule has 0 aliphatic heterocycles. The van der Waals surface area contributed by atoms with Crippen LogP contribution in [0, 0.1) is 5.82 Å². The van der Waals surface area contributed by atoms with Crippen LogP contribution in [0.4, 0.5) is 4.39 Å². The van der Waals surface area contributed by atoms with Gasteiger partial charge in [-0.15, -0.1) is 0 Å². The standard InChI is InChI=1S/C14H20FNO3/c1-4-9(2)16-14(18)8-19-13-6-5-11(15)7-12(13)10(3)17/h5-7,9-10,17H,4,8H2,1-3H3,(H,16,18)/t9?,10-/m0/s1. The Morgan fingerprint density at radius 2 is 2.16 bits per heavy atom. The summed E-state index contributed by atoms with van der Waals surface area (Å²) >= 11 is 0. The molecule has 1 rings (SSSR count). The number of aliphatic hydroxyl groups is 1. The molecule has 5 heteroatoms. The van der Waals surface area contributed by atoms with Crippen molar-refractivity contribution in [3.8, 4) is 5.75 Å². The zero-order valence-corrected chi connectivity index (χ0v) is 11.4. The topological polar surface area (TPSA) is 58.6 Å². The molecule has 0 bridgehead atoms. The molecule has 1 unspecified atom stereocenters. The lowest BCUT2D eigenvalue weighted by molar-refractivity contribution is -0.123. The highest BCUT2D eigenvalue weighted by Gasteiger charge is 2.12. The lowest BCUT2D eigenvalue weighted by Crippen LogP contribution is -2.35. The van der Waals surface area contributed by atoms with Crippen LogP contribution in [0.5, 0.6) is 5.75 Å². The van der Waals surface area contributed by atoms with Crippen LogP contribution in [0.25, 0.3) is 0 Å². The second-order valence-corrected chi connectivity index (χ2v) is 4.52. The second-order valence-electron chi connectivity index (χ2n) is 4.52. The molecule has 0 aromatic heterocycles. The van der Waals surface area contributed by atoms with Gasteiger partial charge in [-0.25, -0.2) is 4.39 Å². The Bertz CT molecular complexity index is 435. The van der Waals surface area contributed by atoms with Crippen LogP contribution in [-0.2, 0) is 4.79 Å². The number of halogens is 1. The Hall–Kier alpha value is -1.62. The molecular weight excluding hydrogens is 249 g/mol. The van der Waals surface area contributed by atoms with Crippen LogP contribution in [0.15, 0.2) is 18.2 Å².